The molecule has 0 spiro atoms. The van der Waals surface area contributed by atoms with Gasteiger partial charge in [-0.05, 0) is 64.2 Å². The standard InChI is InChI=1S/C19H35N3O.2ClH/c1-13(2)22-9-7-17(8-10-22)21(3)19(23)16-11-14-5-4-6-15(12-16)18(14)20;;/h13-18H,4-12,20H2,1-3H3;2*1H. The van der Waals surface area contributed by atoms with Gasteiger partial charge < -0.3 is 15.5 Å². The molecule has 3 rings (SSSR count). The second-order valence-corrected chi connectivity index (χ2v) is 8.51. The lowest BCUT2D eigenvalue weighted by Crippen LogP contribution is -2.52. The lowest BCUT2D eigenvalue weighted by molar-refractivity contribution is -0.140. The van der Waals surface area contributed by atoms with Crippen molar-refractivity contribution < 1.29 is 4.79 Å². The topological polar surface area (TPSA) is 49.6 Å². The lowest BCUT2D eigenvalue weighted by Gasteiger charge is -2.45. The van der Waals surface area contributed by atoms with Gasteiger partial charge in [-0.3, -0.25) is 4.79 Å². The van der Waals surface area contributed by atoms with Crippen LogP contribution in [0, 0.1) is 17.8 Å². The molecule has 3 fully saturated rings. The first kappa shape index (κ1) is 23.0. The first-order valence-electron chi connectivity index (χ1n) is 9.73. The molecule has 25 heavy (non-hydrogen) atoms. The molecule has 2 N–H and O–H groups in total. The van der Waals surface area contributed by atoms with Crippen LogP contribution in [-0.4, -0.2) is 54.0 Å². The number of nitrogens with two attached hydrogens (primary N) is 1. The normalized spacial score (nSPS) is 33.3. The van der Waals surface area contributed by atoms with Crippen LogP contribution in [0.3, 0.4) is 0 Å². The summed E-state index contributed by atoms with van der Waals surface area (Å²) in [6.45, 7) is 6.78. The molecule has 1 heterocycles. The maximum Gasteiger partial charge on any atom is 0.225 e. The molecule has 2 saturated carbocycles. The fraction of sp³-hybridized carbons (Fsp3) is 0.947. The van der Waals surface area contributed by atoms with Crippen LogP contribution < -0.4 is 5.73 Å². The fourth-order valence-electron chi connectivity index (χ4n) is 5.25. The molecule has 1 amide bonds. The second-order valence-electron chi connectivity index (χ2n) is 8.51. The summed E-state index contributed by atoms with van der Waals surface area (Å²) in [6, 6.07) is 1.41. The van der Waals surface area contributed by atoms with Gasteiger partial charge in [-0.25, -0.2) is 0 Å². The Balaban J connectivity index is 0.00000156. The summed E-state index contributed by atoms with van der Waals surface area (Å²) in [6.07, 6.45) is 8.10. The number of carbonyl (C=O) groups excluding carboxylic acids is 1. The van der Waals surface area contributed by atoms with Crippen molar-refractivity contribution in [3.63, 3.8) is 0 Å². The average Bonchev–Trinajstić information content (AvgIpc) is 2.53. The van der Waals surface area contributed by atoms with E-state index in [4.69, 9.17) is 5.73 Å². The van der Waals surface area contributed by atoms with Crippen LogP contribution in [0.25, 0.3) is 0 Å². The van der Waals surface area contributed by atoms with Gasteiger partial charge in [0.15, 0.2) is 0 Å². The van der Waals surface area contributed by atoms with Crippen LogP contribution in [0.2, 0.25) is 0 Å². The van der Waals surface area contributed by atoms with Crippen molar-refractivity contribution in [3.8, 4) is 0 Å². The number of halogens is 2. The highest BCUT2D eigenvalue weighted by molar-refractivity contribution is 5.85. The summed E-state index contributed by atoms with van der Waals surface area (Å²) in [5.41, 5.74) is 6.38. The number of amides is 1. The van der Waals surface area contributed by atoms with Crippen molar-refractivity contribution in [2.45, 2.75) is 76.9 Å². The largest absolute Gasteiger partial charge is 0.342 e. The van der Waals surface area contributed by atoms with Crippen molar-refractivity contribution in [2.24, 2.45) is 23.5 Å². The van der Waals surface area contributed by atoms with Gasteiger partial charge in [0.2, 0.25) is 5.91 Å². The number of likely N-dealkylation sites (tertiary alicyclic amines) is 1. The van der Waals surface area contributed by atoms with Gasteiger partial charge >= 0.3 is 0 Å². The minimum atomic E-state index is 0. The van der Waals surface area contributed by atoms with Crippen molar-refractivity contribution in [1.82, 2.24) is 9.80 Å². The minimum Gasteiger partial charge on any atom is -0.342 e. The Hall–Kier alpha value is -0.0300. The molecule has 2 bridgehead atoms. The molecule has 4 nitrogen and oxygen atoms in total. The molecule has 0 aromatic rings. The van der Waals surface area contributed by atoms with E-state index in [1.54, 1.807) is 0 Å². The zero-order valence-corrected chi connectivity index (χ0v) is 17.7. The molecular weight excluding hydrogens is 357 g/mol. The summed E-state index contributed by atoms with van der Waals surface area (Å²) < 4.78 is 0. The Bertz CT molecular complexity index is 413. The third-order valence-corrected chi connectivity index (χ3v) is 6.89. The van der Waals surface area contributed by atoms with Crippen LogP contribution >= 0.6 is 24.8 Å². The van der Waals surface area contributed by atoms with E-state index in [1.165, 1.54) is 19.3 Å². The van der Waals surface area contributed by atoms with E-state index >= 15 is 0 Å². The molecule has 148 valence electrons. The highest BCUT2D eigenvalue weighted by atomic mass is 35.5. The fourth-order valence-corrected chi connectivity index (χ4v) is 5.25. The first-order chi connectivity index (χ1) is 11.0. The van der Waals surface area contributed by atoms with E-state index in [-0.39, 0.29) is 30.7 Å². The van der Waals surface area contributed by atoms with E-state index in [0.29, 0.717) is 35.9 Å². The molecule has 0 aromatic heterocycles. The smallest absolute Gasteiger partial charge is 0.225 e. The van der Waals surface area contributed by atoms with Crippen LogP contribution in [0.1, 0.15) is 58.8 Å². The number of piperidine rings is 1. The maximum atomic E-state index is 13.0. The molecule has 2 atom stereocenters. The summed E-state index contributed by atoms with van der Waals surface area (Å²) in [5, 5.41) is 0. The van der Waals surface area contributed by atoms with Crippen LogP contribution in [0.5, 0.6) is 0 Å². The zero-order valence-electron chi connectivity index (χ0n) is 16.0. The molecule has 2 aliphatic carbocycles. The predicted octanol–water partition coefficient (Wildman–Crippen LogP) is 3.31. The third-order valence-electron chi connectivity index (χ3n) is 6.89. The Labute approximate surface area is 166 Å². The van der Waals surface area contributed by atoms with E-state index in [0.717, 1.165) is 38.8 Å². The molecule has 1 aliphatic heterocycles. The van der Waals surface area contributed by atoms with Crippen LogP contribution in [0.15, 0.2) is 0 Å². The third kappa shape index (κ3) is 5.03. The van der Waals surface area contributed by atoms with Gasteiger partial charge in [0.25, 0.3) is 0 Å². The quantitative estimate of drug-likeness (QED) is 0.799. The van der Waals surface area contributed by atoms with Crippen molar-refractivity contribution in [1.29, 1.82) is 0 Å². The average molecular weight is 394 g/mol. The summed E-state index contributed by atoms with van der Waals surface area (Å²) in [4.78, 5) is 17.6. The Morgan fingerprint density at radius 2 is 1.56 bits per heavy atom. The lowest BCUT2D eigenvalue weighted by atomic mass is 9.65. The van der Waals surface area contributed by atoms with Crippen LogP contribution in [-0.2, 0) is 4.79 Å². The summed E-state index contributed by atoms with van der Waals surface area (Å²) >= 11 is 0. The number of hydrogen-bond acceptors (Lipinski definition) is 3. The molecule has 3 aliphatic rings. The Morgan fingerprint density at radius 3 is 2.04 bits per heavy atom. The van der Waals surface area contributed by atoms with E-state index in [2.05, 4.69) is 23.6 Å². The maximum absolute atomic E-state index is 13.0. The van der Waals surface area contributed by atoms with Crippen molar-refractivity contribution >= 4 is 30.7 Å². The first-order valence-corrected chi connectivity index (χ1v) is 9.73. The number of fused-ring (bicyclic) bond motifs is 2. The Kier molecular flexibility index (Phi) is 9.00. The number of nitrogens with zero attached hydrogens (tertiary/aromatic N) is 2. The summed E-state index contributed by atoms with van der Waals surface area (Å²) in [5.74, 6) is 1.82. The number of rotatable bonds is 3. The monoisotopic (exact) mass is 393 g/mol. The highest BCUT2D eigenvalue weighted by Gasteiger charge is 2.42. The SMILES string of the molecule is CC(C)N1CCC(N(C)C(=O)C2CC3CCCC(C2)C3N)CC1.Cl.Cl. The van der Waals surface area contributed by atoms with E-state index < -0.39 is 0 Å². The minimum absolute atomic E-state index is 0. The van der Waals surface area contributed by atoms with Gasteiger partial charge in [-0.1, -0.05) is 6.42 Å². The van der Waals surface area contributed by atoms with Gasteiger partial charge in [0.05, 0.1) is 0 Å². The second kappa shape index (κ2) is 9.77. The van der Waals surface area contributed by atoms with Crippen LogP contribution in [0.4, 0.5) is 0 Å². The van der Waals surface area contributed by atoms with Gasteiger partial charge in [0, 0.05) is 44.2 Å². The van der Waals surface area contributed by atoms with E-state index in [1.807, 2.05) is 7.05 Å². The van der Waals surface area contributed by atoms with Gasteiger partial charge in [-0.2, -0.15) is 0 Å². The molecule has 0 radical (unpaired) electrons. The Morgan fingerprint density at radius 1 is 1.04 bits per heavy atom. The number of hydrogen-bond donors (Lipinski definition) is 1. The molecule has 2 unspecified atom stereocenters. The van der Waals surface area contributed by atoms with Gasteiger partial charge in [0.1, 0.15) is 0 Å². The predicted molar refractivity (Wildman–Crippen MR) is 109 cm³/mol. The van der Waals surface area contributed by atoms with Crippen molar-refractivity contribution in [2.75, 3.05) is 20.1 Å². The molecular formula is C19H37Cl2N3O. The molecule has 1 saturated heterocycles. The number of carbonyl (C=O) groups is 1. The van der Waals surface area contributed by atoms with E-state index in [9.17, 15) is 4.79 Å². The highest BCUT2D eigenvalue weighted by Crippen LogP contribution is 2.42. The summed E-state index contributed by atoms with van der Waals surface area (Å²) in [7, 11) is 2.04. The zero-order chi connectivity index (χ0) is 16.6. The molecule has 0 aromatic carbocycles. The van der Waals surface area contributed by atoms with Gasteiger partial charge in [-0.15, -0.1) is 24.8 Å². The van der Waals surface area contributed by atoms with Crippen molar-refractivity contribution in [3.05, 3.63) is 0 Å². The molecule has 6 heteroatoms.